The second-order valence-corrected chi connectivity index (χ2v) is 6.87. The SMILES string of the molecule is CCCCCCCCOC1CC(C(F)(F)F)C(=O)N1Cc1ccccc1. The summed E-state index contributed by atoms with van der Waals surface area (Å²) in [5.74, 6) is -2.84. The van der Waals surface area contributed by atoms with Gasteiger partial charge < -0.3 is 9.64 Å². The molecule has 1 aliphatic heterocycles. The van der Waals surface area contributed by atoms with Crippen LogP contribution in [0.25, 0.3) is 0 Å². The first-order valence-corrected chi connectivity index (χ1v) is 9.46. The molecule has 1 saturated heterocycles. The fourth-order valence-electron chi connectivity index (χ4n) is 3.27. The number of rotatable bonds is 10. The van der Waals surface area contributed by atoms with Gasteiger partial charge in [0.05, 0.1) is 0 Å². The van der Waals surface area contributed by atoms with Crippen molar-refractivity contribution in [2.24, 2.45) is 5.92 Å². The van der Waals surface area contributed by atoms with E-state index in [1.54, 1.807) is 12.1 Å². The third kappa shape index (κ3) is 6.01. The van der Waals surface area contributed by atoms with Crippen LogP contribution in [-0.4, -0.2) is 29.8 Å². The molecule has 1 aromatic rings. The highest BCUT2D eigenvalue weighted by molar-refractivity contribution is 5.82. The van der Waals surface area contributed by atoms with Gasteiger partial charge in [0.2, 0.25) is 5.91 Å². The van der Waals surface area contributed by atoms with Crippen LogP contribution in [0.2, 0.25) is 0 Å². The largest absolute Gasteiger partial charge is 0.400 e. The van der Waals surface area contributed by atoms with Crippen LogP contribution in [0.4, 0.5) is 13.2 Å². The van der Waals surface area contributed by atoms with Gasteiger partial charge in [-0.25, -0.2) is 0 Å². The molecule has 0 radical (unpaired) electrons. The summed E-state index contributed by atoms with van der Waals surface area (Å²) in [6, 6.07) is 9.06. The highest BCUT2D eigenvalue weighted by Crippen LogP contribution is 2.38. The number of carbonyl (C=O) groups excluding carboxylic acids is 1. The molecule has 1 amide bonds. The molecule has 0 N–H and O–H groups in total. The van der Waals surface area contributed by atoms with E-state index in [0.29, 0.717) is 6.61 Å². The maximum Gasteiger partial charge on any atom is 0.400 e. The zero-order valence-corrected chi connectivity index (χ0v) is 15.3. The summed E-state index contributed by atoms with van der Waals surface area (Å²) in [5.41, 5.74) is 0.803. The second kappa shape index (κ2) is 9.95. The standard InChI is InChI=1S/C20H28F3NO2/c1-2-3-4-5-6-10-13-26-18-14-17(20(21,22)23)19(25)24(18)15-16-11-8-7-9-12-16/h7-9,11-12,17-18H,2-6,10,13-15H2,1H3. The van der Waals surface area contributed by atoms with Crippen molar-refractivity contribution in [2.75, 3.05) is 6.61 Å². The van der Waals surface area contributed by atoms with E-state index < -0.39 is 24.2 Å². The Morgan fingerprint density at radius 3 is 2.38 bits per heavy atom. The number of amides is 1. The van der Waals surface area contributed by atoms with E-state index in [2.05, 4.69) is 6.92 Å². The Bertz CT molecular complexity index is 548. The number of hydrogen-bond donors (Lipinski definition) is 0. The van der Waals surface area contributed by atoms with Crippen LogP contribution in [0.5, 0.6) is 0 Å². The first-order valence-electron chi connectivity index (χ1n) is 9.46. The lowest BCUT2D eigenvalue weighted by Gasteiger charge is -2.25. The van der Waals surface area contributed by atoms with Crippen molar-refractivity contribution >= 4 is 5.91 Å². The van der Waals surface area contributed by atoms with Crippen LogP contribution in [-0.2, 0) is 16.1 Å². The lowest BCUT2D eigenvalue weighted by atomic mass is 10.1. The zero-order chi connectivity index (χ0) is 19.0. The first kappa shape index (κ1) is 20.7. The molecule has 2 rings (SSSR count). The van der Waals surface area contributed by atoms with Crippen LogP contribution in [0.3, 0.4) is 0 Å². The van der Waals surface area contributed by atoms with E-state index in [9.17, 15) is 18.0 Å². The first-order chi connectivity index (χ1) is 12.4. The van der Waals surface area contributed by atoms with E-state index in [4.69, 9.17) is 4.74 Å². The number of likely N-dealkylation sites (tertiary alicyclic amines) is 1. The summed E-state index contributed by atoms with van der Waals surface area (Å²) >= 11 is 0. The molecule has 3 nitrogen and oxygen atoms in total. The predicted octanol–water partition coefficient (Wildman–Crippen LogP) is 5.30. The average molecular weight is 371 g/mol. The Morgan fingerprint density at radius 2 is 1.73 bits per heavy atom. The minimum absolute atomic E-state index is 0.146. The van der Waals surface area contributed by atoms with Crippen molar-refractivity contribution in [3.8, 4) is 0 Å². The van der Waals surface area contributed by atoms with E-state index in [0.717, 1.165) is 24.8 Å². The molecule has 0 saturated carbocycles. The molecular formula is C20H28F3NO2. The Labute approximate surface area is 153 Å². The van der Waals surface area contributed by atoms with Gasteiger partial charge in [-0.2, -0.15) is 13.2 Å². The third-order valence-electron chi connectivity index (χ3n) is 4.77. The van der Waals surface area contributed by atoms with Gasteiger partial charge in [0.25, 0.3) is 0 Å². The molecule has 26 heavy (non-hydrogen) atoms. The zero-order valence-electron chi connectivity index (χ0n) is 15.3. The molecule has 1 aliphatic rings. The van der Waals surface area contributed by atoms with Crippen molar-refractivity contribution in [3.63, 3.8) is 0 Å². The fraction of sp³-hybridized carbons (Fsp3) is 0.650. The Kier molecular flexibility index (Phi) is 7.94. The summed E-state index contributed by atoms with van der Waals surface area (Å²) in [7, 11) is 0. The van der Waals surface area contributed by atoms with Crippen molar-refractivity contribution in [2.45, 2.75) is 70.8 Å². The van der Waals surface area contributed by atoms with Gasteiger partial charge in [-0.05, 0) is 12.0 Å². The molecular weight excluding hydrogens is 343 g/mol. The number of halogens is 3. The quantitative estimate of drug-likeness (QED) is 0.522. The predicted molar refractivity (Wildman–Crippen MR) is 94.3 cm³/mol. The Hall–Kier alpha value is -1.56. The van der Waals surface area contributed by atoms with Crippen LogP contribution >= 0.6 is 0 Å². The minimum atomic E-state index is -4.52. The van der Waals surface area contributed by atoms with Crippen molar-refractivity contribution < 1.29 is 22.7 Å². The molecule has 0 spiro atoms. The van der Waals surface area contributed by atoms with Gasteiger partial charge >= 0.3 is 6.18 Å². The molecule has 0 aromatic heterocycles. The van der Waals surface area contributed by atoms with Gasteiger partial charge in [-0.15, -0.1) is 0 Å². The molecule has 1 heterocycles. The molecule has 146 valence electrons. The summed E-state index contributed by atoms with van der Waals surface area (Å²) in [5, 5.41) is 0. The number of carbonyl (C=O) groups is 1. The number of hydrogen-bond acceptors (Lipinski definition) is 2. The number of nitrogens with zero attached hydrogens (tertiary/aromatic N) is 1. The number of unbranched alkanes of at least 4 members (excludes halogenated alkanes) is 5. The van der Waals surface area contributed by atoms with Crippen molar-refractivity contribution in [1.29, 1.82) is 0 Å². The van der Waals surface area contributed by atoms with E-state index in [-0.39, 0.29) is 13.0 Å². The normalized spacial score (nSPS) is 20.8. The molecule has 2 unspecified atom stereocenters. The Morgan fingerprint density at radius 1 is 1.08 bits per heavy atom. The summed E-state index contributed by atoms with van der Waals surface area (Å²) in [4.78, 5) is 13.5. The molecule has 0 aliphatic carbocycles. The second-order valence-electron chi connectivity index (χ2n) is 6.87. The Balaban J connectivity index is 1.91. The van der Waals surface area contributed by atoms with E-state index in [1.165, 1.54) is 24.2 Å². The van der Waals surface area contributed by atoms with Crippen LogP contribution in [0.15, 0.2) is 30.3 Å². The third-order valence-corrected chi connectivity index (χ3v) is 4.77. The molecule has 2 atom stereocenters. The summed E-state index contributed by atoms with van der Waals surface area (Å²) in [6.07, 6.45) is 0.838. The molecule has 1 fully saturated rings. The number of ether oxygens (including phenoxy) is 1. The van der Waals surface area contributed by atoms with Crippen LogP contribution < -0.4 is 0 Å². The van der Waals surface area contributed by atoms with Crippen LogP contribution in [0.1, 0.15) is 57.4 Å². The van der Waals surface area contributed by atoms with Crippen molar-refractivity contribution in [3.05, 3.63) is 35.9 Å². The monoisotopic (exact) mass is 371 g/mol. The van der Waals surface area contributed by atoms with Gasteiger partial charge in [-0.1, -0.05) is 69.4 Å². The molecule has 1 aromatic carbocycles. The number of alkyl halides is 3. The van der Waals surface area contributed by atoms with Gasteiger partial charge in [0.1, 0.15) is 12.1 Å². The molecule has 0 bridgehead atoms. The minimum Gasteiger partial charge on any atom is -0.358 e. The molecule has 6 heteroatoms. The lowest BCUT2D eigenvalue weighted by Crippen LogP contribution is -2.37. The topological polar surface area (TPSA) is 29.5 Å². The summed E-state index contributed by atoms with van der Waals surface area (Å²) < 4.78 is 45.2. The van der Waals surface area contributed by atoms with Gasteiger partial charge in [-0.3, -0.25) is 4.79 Å². The highest BCUT2D eigenvalue weighted by atomic mass is 19.4. The van der Waals surface area contributed by atoms with Gasteiger partial charge in [0, 0.05) is 19.6 Å². The average Bonchev–Trinajstić information content (AvgIpc) is 2.91. The van der Waals surface area contributed by atoms with E-state index >= 15 is 0 Å². The highest BCUT2D eigenvalue weighted by Gasteiger charge is 2.53. The van der Waals surface area contributed by atoms with E-state index in [1.807, 2.05) is 18.2 Å². The van der Waals surface area contributed by atoms with Crippen LogP contribution in [0, 0.1) is 5.92 Å². The smallest absolute Gasteiger partial charge is 0.358 e. The maximum absolute atomic E-state index is 13.2. The van der Waals surface area contributed by atoms with Crippen molar-refractivity contribution in [1.82, 2.24) is 4.90 Å². The summed E-state index contributed by atoms with van der Waals surface area (Å²) in [6.45, 7) is 2.69. The number of benzene rings is 1. The lowest BCUT2D eigenvalue weighted by molar-refractivity contribution is -0.181. The maximum atomic E-state index is 13.2. The fourth-order valence-corrected chi connectivity index (χ4v) is 3.27. The van der Waals surface area contributed by atoms with Gasteiger partial charge in [0.15, 0.2) is 0 Å².